The van der Waals surface area contributed by atoms with Crippen LogP contribution in [0.5, 0.6) is 5.75 Å². The Bertz CT molecular complexity index is 1550. The predicted molar refractivity (Wildman–Crippen MR) is 156 cm³/mol. The molecule has 0 bridgehead atoms. The van der Waals surface area contributed by atoms with E-state index in [1.807, 2.05) is 6.07 Å². The number of aromatic nitrogens is 2. The lowest BCUT2D eigenvalue weighted by atomic mass is 9.97. The Morgan fingerprint density at radius 1 is 1.15 bits per heavy atom. The van der Waals surface area contributed by atoms with E-state index in [0.29, 0.717) is 34.9 Å². The molecular weight excluding hydrogens is 549 g/mol. The van der Waals surface area contributed by atoms with Crippen LogP contribution in [0, 0.1) is 0 Å². The molecule has 208 valence electrons. The molecule has 40 heavy (non-hydrogen) atoms. The fraction of sp³-hybridized carbons (Fsp3) is 0.355. The van der Waals surface area contributed by atoms with Gasteiger partial charge in [0.1, 0.15) is 18.2 Å². The topological polar surface area (TPSA) is 76.8 Å². The van der Waals surface area contributed by atoms with Gasteiger partial charge < -0.3 is 19.1 Å². The van der Waals surface area contributed by atoms with Gasteiger partial charge in [-0.05, 0) is 79.8 Å². The molecule has 7 nitrogen and oxygen atoms in total. The molecule has 2 aliphatic heterocycles. The summed E-state index contributed by atoms with van der Waals surface area (Å²) in [5, 5.41) is 10.6. The lowest BCUT2D eigenvalue weighted by molar-refractivity contribution is -0.0761. The Balaban J connectivity index is 1.17. The van der Waals surface area contributed by atoms with Crippen LogP contribution in [0.2, 0.25) is 10.0 Å². The number of nitrogens with zero attached hydrogens (tertiary/aromatic N) is 3. The van der Waals surface area contributed by atoms with Gasteiger partial charge in [-0.2, -0.15) is 0 Å². The zero-order chi connectivity index (χ0) is 27.8. The van der Waals surface area contributed by atoms with Gasteiger partial charge in [0.25, 0.3) is 0 Å². The number of aromatic carboxylic acids is 1. The molecule has 2 saturated heterocycles. The molecule has 0 radical (unpaired) electrons. The summed E-state index contributed by atoms with van der Waals surface area (Å²) >= 11 is 12.3. The second-order valence-corrected chi connectivity index (χ2v) is 11.5. The second-order valence-electron chi connectivity index (χ2n) is 10.7. The third kappa shape index (κ3) is 5.56. The van der Waals surface area contributed by atoms with E-state index in [1.165, 1.54) is 5.56 Å². The van der Waals surface area contributed by atoms with E-state index in [0.717, 1.165) is 55.0 Å². The fourth-order valence-electron chi connectivity index (χ4n) is 5.78. The van der Waals surface area contributed by atoms with Crippen molar-refractivity contribution in [3.8, 4) is 5.75 Å². The number of carbonyl (C=O) groups is 1. The van der Waals surface area contributed by atoms with Crippen LogP contribution < -0.4 is 4.74 Å². The molecule has 3 heterocycles. The number of imidazole rings is 1. The lowest BCUT2D eigenvalue weighted by Crippen LogP contribution is -2.36. The maximum absolute atomic E-state index is 11.7. The van der Waals surface area contributed by atoms with Gasteiger partial charge in [0.05, 0.1) is 40.3 Å². The molecule has 0 spiro atoms. The van der Waals surface area contributed by atoms with Crippen LogP contribution in [0.25, 0.3) is 11.0 Å². The Labute approximate surface area is 243 Å². The maximum atomic E-state index is 11.7. The van der Waals surface area contributed by atoms with Gasteiger partial charge in [0.2, 0.25) is 0 Å². The molecule has 3 atom stereocenters. The summed E-state index contributed by atoms with van der Waals surface area (Å²) < 4.78 is 14.0. The zero-order valence-electron chi connectivity index (χ0n) is 22.2. The number of carboxylic acid groups (broad SMARTS) is 1. The quantitative estimate of drug-likeness (QED) is 0.231. The third-order valence-electron chi connectivity index (χ3n) is 8.04. The van der Waals surface area contributed by atoms with Crippen LogP contribution in [-0.2, 0) is 17.9 Å². The van der Waals surface area contributed by atoms with Gasteiger partial charge in [0.15, 0.2) is 0 Å². The van der Waals surface area contributed by atoms with Crippen molar-refractivity contribution in [1.82, 2.24) is 14.5 Å². The molecular formula is C31H31Cl2N3O4. The summed E-state index contributed by atoms with van der Waals surface area (Å²) in [4.78, 5) is 19.1. The number of benzene rings is 3. The Morgan fingerprint density at radius 3 is 2.75 bits per heavy atom. The molecule has 1 aromatic heterocycles. The van der Waals surface area contributed by atoms with E-state index in [4.69, 9.17) is 37.7 Å². The minimum absolute atomic E-state index is 0.0713. The average molecular weight is 581 g/mol. The van der Waals surface area contributed by atoms with Crippen molar-refractivity contribution in [2.75, 3.05) is 19.7 Å². The van der Waals surface area contributed by atoms with E-state index in [2.05, 4.69) is 40.7 Å². The largest absolute Gasteiger partial charge is 0.487 e. The van der Waals surface area contributed by atoms with Crippen molar-refractivity contribution < 1.29 is 19.4 Å². The Hall–Kier alpha value is -3.10. The second kappa shape index (κ2) is 11.4. The minimum atomic E-state index is -0.935. The van der Waals surface area contributed by atoms with Gasteiger partial charge in [-0.15, -0.1) is 0 Å². The molecule has 1 N–H and O–H groups in total. The highest BCUT2D eigenvalue weighted by atomic mass is 35.5. The molecule has 2 aliphatic rings. The van der Waals surface area contributed by atoms with E-state index >= 15 is 0 Å². The monoisotopic (exact) mass is 579 g/mol. The molecule has 6 rings (SSSR count). The van der Waals surface area contributed by atoms with E-state index < -0.39 is 5.97 Å². The van der Waals surface area contributed by atoms with Gasteiger partial charge in [0, 0.05) is 18.2 Å². The SMILES string of the molecule is C[C@H]([C@@H]1CCO1)n1c(CN2CC[C@H](c3cccc(COc4ccc(Cl)cc4Cl)c3)C2)nc2ccc(C(=O)O)cc21. The normalized spacial score (nSPS) is 20.0. The zero-order valence-corrected chi connectivity index (χ0v) is 23.7. The highest BCUT2D eigenvalue weighted by molar-refractivity contribution is 6.35. The van der Waals surface area contributed by atoms with Crippen LogP contribution in [-0.4, -0.2) is 51.3 Å². The third-order valence-corrected chi connectivity index (χ3v) is 8.57. The molecule has 9 heteroatoms. The first kappa shape index (κ1) is 27.1. The Morgan fingerprint density at radius 2 is 2.00 bits per heavy atom. The number of ether oxygens (including phenoxy) is 2. The van der Waals surface area contributed by atoms with Crippen molar-refractivity contribution in [2.24, 2.45) is 0 Å². The van der Waals surface area contributed by atoms with Gasteiger partial charge in [-0.3, -0.25) is 4.90 Å². The van der Waals surface area contributed by atoms with Crippen molar-refractivity contribution in [2.45, 2.75) is 51.0 Å². The van der Waals surface area contributed by atoms with Crippen LogP contribution in [0.4, 0.5) is 0 Å². The summed E-state index contributed by atoms with van der Waals surface area (Å²) in [5.41, 5.74) is 4.32. The molecule has 3 aromatic carbocycles. The number of carboxylic acids is 1. The average Bonchev–Trinajstić information content (AvgIpc) is 3.51. The summed E-state index contributed by atoms with van der Waals surface area (Å²) in [7, 11) is 0. The van der Waals surface area contributed by atoms with Gasteiger partial charge >= 0.3 is 5.97 Å². The lowest BCUT2D eigenvalue weighted by Gasteiger charge is -2.34. The first-order valence-electron chi connectivity index (χ1n) is 13.6. The number of hydrogen-bond donors (Lipinski definition) is 1. The summed E-state index contributed by atoms with van der Waals surface area (Å²) in [6, 6.07) is 19.0. The maximum Gasteiger partial charge on any atom is 0.335 e. The number of rotatable bonds is 9. The summed E-state index contributed by atoms with van der Waals surface area (Å²) in [5.74, 6) is 1.03. The molecule has 4 aromatic rings. The van der Waals surface area contributed by atoms with E-state index in [-0.39, 0.29) is 17.7 Å². The van der Waals surface area contributed by atoms with E-state index in [1.54, 1.807) is 30.3 Å². The summed E-state index contributed by atoms with van der Waals surface area (Å²) in [6.45, 7) is 5.91. The highest BCUT2D eigenvalue weighted by Gasteiger charge is 2.31. The smallest absolute Gasteiger partial charge is 0.335 e. The van der Waals surface area contributed by atoms with Gasteiger partial charge in [-0.25, -0.2) is 9.78 Å². The highest BCUT2D eigenvalue weighted by Crippen LogP contribution is 2.34. The molecule has 0 saturated carbocycles. The molecule has 0 unspecified atom stereocenters. The molecule has 0 aliphatic carbocycles. The Kier molecular flexibility index (Phi) is 7.73. The van der Waals surface area contributed by atoms with Crippen LogP contribution in [0.3, 0.4) is 0 Å². The standard InChI is InChI=1S/C31H31Cl2N3O4/c1-19(28-10-12-39-28)36-27-14-22(31(37)38)5-7-26(27)34-30(36)17-35-11-9-23(16-35)21-4-2-3-20(13-21)18-40-29-8-6-24(32)15-25(29)33/h2-8,13-15,19,23,28H,9-12,16-18H2,1H3,(H,37,38)/t19-,23+,28+/m1/s1. The first-order valence-corrected chi connectivity index (χ1v) is 14.4. The number of likely N-dealkylation sites (tertiary alicyclic amines) is 1. The van der Waals surface area contributed by atoms with Crippen molar-refractivity contribution in [3.05, 3.63) is 93.2 Å². The minimum Gasteiger partial charge on any atom is -0.487 e. The van der Waals surface area contributed by atoms with Crippen molar-refractivity contribution in [3.63, 3.8) is 0 Å². The number of hydrogen-bond acceptors (Lipinski definition) is 5. The molecule has 2 fully saturated rings. The first-order chi connectivity index (χ1) is 19.4. The number of halogens is 2. The van der Waals surface area contributed by atoms with Gasteiger partial charge in [-0.1, -0.05) is 47.5 Å². The number of fused-ring (bicyclic) bond motifs is 1. The van der Waals surface area contributed by atoms with Crippen molar-refractivity contribution >= 4 is 40.2 Å². The van der Waals surface area contributed by atoms with Crippen LogP contribution >= 0.6 is 23.2 Å². The predicted octanol–water partition coefficient (Wildman–Crippen LogP) is 6.96. The summed E-state index contributed by atoms with van der Waals surface area (Å²) in [6.07, 6.45) is 2.16. The fourth-order valence-corrected chi connectivity index (χ4v) is 6.24. The van der Waals surface area contributed by atoms with Crippen LogP contribution in [0.15, 0.2) is 60.7 Å². The van der Waals surface area contributed by atoms with E-state index in [9.17, 15) is 9.90 Å². The van der Waals surface area contributed by atoms with Crippen LogP contribution in [0.1, 0.15) is 59.0 Å². The molecule has 0 amide bonds. The van der Waals surface area contributed by atoms with Crippen molar-refractivity contribution in [1.29, 1.82) is 0 Å².